The van der Waals surface area contributed by atoms with Gasteiger partial charge in [0.1, 0.15) is 5.82 Å². The van der Waals surface area contributed by atoms with E-state index in [1.165, 1.54) is 0 Å². The van der Waals surface area contributed by atoms with Crippen molar-refractivity contribution < 1.29 is 45.4 Å². The highest BCUT2D eigenvalue weighted by molar-refractivity contribution is 7.89. The fraction of sp³-hybridized carbons (Fsp3) is 0.516. The minimum absolute atomic E-state index is 0.0129. The maximum Gasteiger partial charge on any atom is 0.490 e. The lowest BCUT2D eigenvalue weighted by molar-refractivity contribution is -0.192. The van der Waals surface area contributed by atoms with E-state index in [9.17, 15) is 35.5 Å². The van der Waals surface area contributed by atoms with Crippen LogP contribution in [0.3, 0.4) is 0 Å². The first-order valence-electron chi connectivity index (χ1n) is 15.3. The van der Waals surface area contributed by atoms with Crippen molar-refractivity contribution in [2.75, 3.05) is 29.9 Å². The van der Waals surface area contributed by atoms with Crippen LogP contribution in [0.4, 0.5) is 33.5 Å². The van der Waals surface area contributed by atoms with Crippen molar-refractivity contribution in [1.29, 1.82) is 0 Å². The summed E-state index contributed by atoms with van der Waals surface area (Å²) in [6.07, 6.45) is 4.79. The van der Waals surface area contributed by atoms with Crippen LogP contribution in [0.25, 0.3) is 10.8 Å². The maximum atomic E-state index is 13.5. The number of fused-ring (bicyclic) bond motifs is 1. The number of benzene rings is 1. The molecule has 2 fully saturated rings. The molecule has 1 aromatic carbocycles. The molecule has 2 aromatic heterocycles. The number of nitrogens with one attached hydrogen (secondary N) is 2. The van der Waals surface area contributed by atoms with Crippen LogP contribution in [0.15, 0.2) is 53.8 Å². The van der Waals surface area contributed by atoms with Crippen molar-refractivity contribution in [2.24, 2.45) is 5.92 Å². The summed E-state index contributed by atoms with van der Waals surface area (Å²) in [6, 6.07) is 9.00. The summed E-state index contributed by atoms with van der Waals surface area (Å²) in [7, 11) is -3.85. The molecule has 47 heavy (non-hydrogen) atoms. The number of hydrogen-bond acceptors (Lipinski definition) is 8. The average molecular weight is 688 g/mol. The zero-order valence-corrected chi connectivity index (χ0v) is 26.3. The average Bonchev–Trinajstić information content (AvgIpc) is 3.38. The van der Waals surface area contributed by atoms with Crippen molar-refractivity contribution in [3.8, 4) is 0 Å². The Bertz CT molecular complexity index is 1610. The SMILES string of the molecule is O=C(O)C(F)(F)F.O=S(=O)(NCc1ccc(N2CCCCC2CCO)nc1)c1ccc(NCCC2CCC(F)(F)C2)c2cnccc12. The molecule has 0 amide bonds. The van der Waals surface area contributed by atoms with E-state index >= 15 is 0 Å². The lowest BCUT2D eigenvalue weighted by atomic mass is 9.99. The molecule has 5 rings (SSSR count). The minimum Gasteiger partial charge on any atom is -0.475 e. The molecular formula is C31H38F5N5O5S. The van der Waals surface area contributed by atoms with Gasteiger partial charge >= 0.3 is 12.1 Å². The van der Waals surface area contributed by atoms with Crippen LogP contribution < -0.4 is 14.9 Å². The summed E-state index contributed by atoms with van der Waals surface area (Å²) in [5.41, 5.74) is 1.47. The van der Waals surface area contributed by atoms with Gasteiger partial charge in [0.25, 0.3) is 0 Å². The second kappa shape index (κ2) is 15.5. The number of hydrogen-bond donors (Lipinski definition) is 4. The van der Waals surface area contributed by atoms with E-state index in [0.717, 1.165) is 42.9 Å². The first-order chi connectivity index (χ1) is 22.2. The third-order valence-corrected chi connectivity index (χ3v) is 9.80. The number of carboxylic acid groups (broad SMARTS) is 1. The molecule has 10 nitrogen and oxygen atoms in total. The number of halogens is 5. The van der Waals surface area contributed by atoms with Gasteiger partial charge in [0.05, 0.1) is 4.90 Å². The molecule has 0 radical (unpaired) electrons. The van der Waals surface area contributed by atoms with Crippen LogP contribution in [-0.4, -0.2) is 72.4 Å². The lowest BCUT2D eigenvalue weighted by Gasteiger charge is -2.36. The van der Waals surface area contributed by atoms with Crippen LogP contribution in [0.2, 0.25) is 0 Å². The van der Waals surface area contributed by atoms with E-state index in [1.54, 1.807) is 36.8 Å². The number of rotatable bonds is 11. The Morgan fingerprint density at radius 3 is 2.45 bits per heavy atom. The molecule has 2 unspecified atom stereocenters. The van der Waals surface area contributed by atoms with E-state index in [1.807, 2.05) is 12.1 Å². The molecule has 4 N–H and O–H groups in total. The van der Waals surface area contributed by atoms with Gasteiger partial charge in [0, 0.05) is 80.2 Å². The Morgan fingerprint density at radius 2 is 1.81 bits per heavy atom. The Kier molecular flexibility index (Phi) is 12.0. The molecule has 1 aliphatic carbocycles. The minimum atomic E-state index is -5.08. The second-order valence-corrected chi connectivity index (χ2v) is 13.5. The summed E-state index contributed by atoms with van der Waals surface area (Å²) in [6.45, 7) is 1.66. The van der Waals surface area contributed by atoms with Crippen molar-refractivity contribution in [2.45, 2.75) is 80.9 Å². The zero-order valence-electron chi connectivity index (χ0n) is 25.5. The van der Waals surface area contributed by atoms with Gasteiger partial charge in [-0.1, -0.05) is 6.07 Å². The number of carboxylic acids is 1. The summed E-state index contributed by atoms with van der Waals surface area (Å²) in [5, 5.41) is 21.0. The standard InChI is InChI=1S/C29H37F2N5O3S.C2HF3O2/c30-29(31)12-8-21(17-29)9-14-33-26-5-6-27(24-10-13-32-20-25(24)26)40(38,39)35-19-22-4-7-28(34-18-22)36-15-2-1-3-23(36)11-16-37;3-2(4,5)1(6)7/h4-7,10,13,18,20-21,23,33,35,37H,1-3,8-9,11-12,14-17,19H2;(H,6,7). The lowest BCUT2D eigenvalue weighted by Crippen LogP contribution is -2.40. The predicted octanol–water partition coefficient (Wildman–Crippen LogP) is 5.72. The van der Waals surface area contributed by atoms with Crippen LogP contribution in [0.1, 0.15) is 56.9 Å². The van der Waals surface area contributed by atoms with Crippen molar-refractivity contribution in [3.63, 3.8) is 0 Å². The number of carbonyl (C=O) groups is 1. The van der Waals surface area contributed by atoms with Crippen molar-refractivity contribution in [3.05, 3.63) is 54.5 Å². The highest BCUT2D eigenvalue weighted by Gasteiger charge is 2.39. The van der Waals surface area contributed by atoms with Crippen LogP contribution in [-0.2, 0) is 21.4 Å². The molecule has 3 aromatic rings. The molecule has 1 saturated carbocycles. The van der Waals surface area contributed by atoms with Gasteiger partial charge in [-0.15, -0.1) is 0 Å². The van der Waals surface area contributed by atoms with Crippen molar-refractivity contribution in [1.82, 2.24) is 14.7 Å². The zero-order chi connectivity index (χ0) is 34.2. The molecular weight excluding hydrogens is 649 g/mol. The molecule has 0 bridgehead atoms. The fourth-order valence-corrected chi connectivity index (χ4v) is 7.18. The van der Waals surface area contributed by atoms with Gasteiger partial charge in [-0.3, -0.25) is 4.98 Å². The number of aliphatic hydroxyl groups excluding tert-OH is 1. The number of aromatic nitrogens is 2. The van der Waals surface area contributed by atoms with E-state index in [4.69, 9.17) is 9.90 Å². The Balaban J connectivity index is 0.000000644. The van der Waals surface area contributed by atoms with Gasteiger partial charge in [-0.2, -0.15) is 13.2 Å². The van der Waals surface area contributed by atoms with E-state index in [-0.39, 0.29) is 42.8 Å². The predicted molar refractivity (Wildman–Crippen MR) is 166 cm³/mol. The van der Waals surface area contributed by atoms with Crippen LogP contribution in [0, 0.1) is 5.92 Å². The molecule has 16 heteroatoms. The molecule has 0 spiro atoms. The third-order valence-electron chi connectivity index (χ3n) is 8.34. The van der Waals surface area contributed by atoms with Crippen molar-refractivity contribution >= 4 is 38.3 Å². The van der Waals surface area contributed by atoms with Gasteiger partial charge in [0.2, 0.25) is 15.9 Å². The van der Waals surface area contributed by atoms with E-state index in [2.05, 4.69) is 24.9 Å². The van der Waals surface area contributed by atoms with Gasteiger partial charge in [-0.05, 0) is 74.3 Å². The van der Waals surface area contributed by atoms with E-state index < -0.39 is 28.1 Å². The quantitative estimate of drug-likeness (QED) is 0.186. The number of nitrogens with zero attached hydrogens (tertiary/aromatic N) is 3. The number of pyridine rings is 2. The Hall–Kier alpha value is -3.63. The fourth-order valence-electron chi connectivity index (χ4n) is 5.95. The van der Waals surface area contributed by atoms with Crippen LogP contribution in [0.5, 0.6) is 0 Å². The highest BCUT2D eigenvalue weighted by Crippen LogP contribution is 2.40. The van der Waals surface area contributed by atoms with Gasteiger partial charge in [0.15, 0.2) is 0 Å². The number of piperidine rings is 1. The first kappa shape index (κ1) is 36.2. The molecule has 2 atom stereocenters. The van der Waals surface area contributed by atoms with E-state index in [0.29, 0.717) is 36.6 Å². The number of aliphatic hydroxyl groups is 1. The molecule has 3 heterocycles. The monoisotopic (exact) mass is 687 g/mol. The molecule has 2 aliphatic rings. The second-order valence-electron chi connectivity index (χ2n) is 11.7. The number of anilines is 2. The Morgan fingerprint density at radius 1 is 1.04 bits per heavy atom. The number of sulfonamides is 1. The topological polar surface area (TPSA) is 145 Å². The summed E-state index contributed by atoms with van der Waals surface area (Å²) in [4.78, 5) is 20.0. The number of alkyl halides is 5. The first-order valence-corrected chi connectivity index (χ1v) is 16.8. The largest absolute Gasteiger partial charge is 0.490 e. The maximum absolute atomic E-state index is 13.5. The molecule has 258 valence electrons. The Labute approximate surface area is 269 Å². The van der Waals surface area contributed by atoms with Gasteiger partial charge in [-0.25, -0.2) is 31.7 Å². The smallest absolute Gasteiger partial charge is 0.475 e. The third kappa shape index (κ3) is 9.93. The van der Waals surface area contributed by atoms with Gasteiger partial charge < -0.3 is 20.4 Å². The number of aliphatic carboxylic acids is 1. The molecule has 1 aliphatic heterocycles. The van der Waals surface area contributed by atoms with Crippen LogP contribution >= 0.6 is 0 Å². The summed E-state index contributed by atoms with van der Waals surface area (Å²) >= 11 is 0. The highest BCUT2D eigenvalue weighted by atomic mass is 32.2. The normalized spacial score (nSPS) is 19.7. The summed E-state index contributed by atoms with van der Waals surface area (Å²) < 4.78 is 88.1. The summed E-state index contributed by atoms with van der Waals surface area (Å²) in [5.74, 6) is -4.49. The molecule has 1 saturated heterocycles.